The maximum absolute atomic E-state index is 12.0. The number of aliphatic imine (C=N–C) groups is 1. The molecule has 6 nitrogen and oxygen atoms in total. The Morgan fingerprint density at radius 3 is 2.69 bits per heavy atom. The van der Waals surface area contributed by atoms with Crippen LogP contribution >= 0.6 is 24.0 Å². The molecular formula is C19H27IN4O2. The number of anilines is 1. The van der Waals surface area contributed by atoms with Gasteiger partial charge in [-0.2, -0.15) is 0 Å². The second kappa shape index (κ2) is 11.6. The molecule has 0 aliphatic carbocycles. The molecular weight excluding hydrogens is 443 g/mol. The number of halogens is 1. The molecule has 0 saturated carbocycles. The van der Waals surface area contributed by atoms with Gasteiger partial charge in [-0.1, -0.05) is 19.1 Å². The summed E-state index contributed by atoms with van der Waals surface area (Å²) in [5.41, 5.74) is 1.73. The smallest absolute Gasteiger partial charge is 0.291 e. The Kier molecular flexibility index (Phi) is 9.79. The molecule has 0 aliphatic heterocycles. The highest BCUT2D eigenvalue weighted by Crippen LogP contribution is 2.13. The zero-order valence-electron chi connectivity index (χ0n) is 15.4. The lowest BCUT2D eigenvalue weighted by Gasteiger charge is -2.16. The Morgan fingerprint density at radius 1 is 1.23 bits per heavy atom. The first-order valence-corrected chi connectivity index (χ1v) is 8.61. The molecule has 2 rings (SSSR count). The van der Waals surface area contributed by atoms with Crippen LogP contribution in [-0.4, -0.2) is 24.5 Å². The molecule has 7 heteroatoms. The minimum atomic E-state index is -0.266. The van der Waals surface area contributed by atoms with E-state index in [-0.39, 0.29) is 35.6 Å². The zero-order chi connectivity index (χ0) is 18.1. The number of hydrogen-bond donors (Lipinski definition) is 3. The fraction of sp³-hybridized carbons (Fsp3) is 0.368. The molecule has 0 spiro atoms. The van der Waals surface area contributed by atoms with Gasteiger partial charge in [0.05, 0.1) is 12.8 Å². The predicted molar refractivity (Wildman–Crippen MR) is 116 cm³/mol. The molecule has 0 radical (unpaired) electrons. The summed E-state index contributed by atoms with van der Waals surface area (Å²) in [5.74, 6) is 0.815. The molecule has 3 N–H and O–H groups in total. The van der Waals surface area contributed by atoms with Gasteiger partial charge >= 0.3 is 0 Å². The molecule has 1 aromatic carbocycles. The Labute approximate surface area is 171 Å². The normalized spacial score (nSPS) is 12.0. The number of nitrogens with zero attached hydrogens (tertiary/aromatic N) is 1. The van der Waals surface area contributed by atoms with E-state index in [1.165, 1.54) is 6.26 Å². The Bertz CT molecular complexity index is 701. The van der Waals surface area contributed by atoms with Crippen molar-refractivity contribution in [3.8, 4) is 0 Å². The highest BCUT2D eigenvalue weighted by Gasteiger charge is 2.09. The fourth-order valence-electron chi connectivity index (χ4n) is 2.17. The number of rotatable bonds is 7. The molecule has 2 aromatic rings. The van der Waals surface area contributed by atoms with E-state index in [2.05, 4.69) is 34.8 Å². The number of benzene rings is 1. The van der Waals surface area contributed by atoms with E-state index >= 15 is 0 Å². The quantitative estimate of drug-likeness (QED) is 0.325. The maximum atomic E-state index is 12.0. The van der Waals surface area contributed by atoms with Gasteiger partial charge in [0.2, 0.25) is 0 Å². The first-order chi connectivity index (χ1) is 12.1. The number of furan rings is 1. The van der Waals surface area contributed by atoms with Crippen LogP contribution < -0.4 is 16.0 Å². The maximum Gasteiger partial charge on any atom is 0.291 e. The highest BCUT2D eigenvalue weighted by molar-refractivity contribution is 14.0. The SMILES string of the molecule is CCNC(=NCc1cccc(NC(=O)c2ccco2)c1)NC(C)CC.I. The lowest BCUT2D eigenvalue weighted by atomic mass is 10.2. The van der Waals surface area contributed by atoms with Crippen LogP contribution in [0.4, 0.5) is 5.69 Å². The largest absolute Gasteiger partial charge is 0.459 e. The van der Waals surface area contributed by atoms with Gasteiger partial charge in [-0.05, 0) is 50.1 Å². The molecule has 1 atom stereocenters. The summed E-state index contributed by atoms with van der Waals surface area (Å²) in [4.78, 5) is 16.6. The minimum absolute atomic E-state index is 0. The molecule has 0 aliphatic rings. The van der Waals surface area contributed by atoms with Crippen molar-refractivity contribution in [3.05, 3.63) is 54.0 Å². The van der Waals surface area contributed by atoms with Crippen molar-refractivity contribution in [2.45, 2.75) is 39.8 Å². The van der Waals surface area contributed by atoms with Crippen LogP contribution in [0, 0.1) is 0 Å². The Morgan fingerprint density at radius 2 is 2.04 bits per heavy atom. The Balaban J connectivity index is 0.00000338. The van der Waals surface area contributed by atoms with E-state index in [1.807, 2.05) is 31.2 Å². The van der Waals surface area contributed by atoms with E-state index < -0.39 is 0 Å². The fourth-order valence-corrected chi connectivity index (χ4v) is 2.17. The molecule has 26 heavy (non-hydrogen) atoms. The predicted octanol–water partition coefficient (Wildman–Crippen LogP) is 4.00. The van der Waals surface area contributed by atoms with Crippen LogP contribution in [-0.2, 0) is 6.54 Å². The van der Waals surface area contributed by atoms with Gasteiger partial charge in [0, 0.05) is 18.3 Å². The number of amides is 1. The summed E-state index contributed by atoms with van der Waals surface area (Å²) >= 11 is 0. The van der Waals surface area contributed by atoms with Crippen LogP contribution in [0.5, 0.6) is 0 Å². The first kappa shape index (κ1) is 22.0. The number of guanidine groups is 1. The summed E-state index contributed by atoms with van der Waals surface area (Å²) < 4.78 is 5.10. The first-order valence-electron chi connectivity index (χ1n) is 8.61. The van der Waals surface area contributed by atoms with Crippen molar-refractivity contribution >= 4 is 41.5 Å². The molecule has 0 fully saturated rings. The van der Waals surface area contributed by atoms with Gasteiger partial charge < -0.3 is 20.4 Å². The number of carbonyl (C=O) groups is 1. The van der Waals surface area contributed by atoms with E-state index in [0.29, 0.717) is 18.3 Å². The zero-order valence-corrected chi connectivity index (χ0v) is 17.7. The van der Waals surface area contributed by atoms with Gasteiger partial charge in [-0.25, -0.2) is 4.99 Å². The molecule has 1 amide bonds. The number of nitrogens with one attached hydrogen (secondary N) is 3. The third kappa shape index (κ3) is 7.07. The molecule has 0 bridgehead atoms. The van der Waals surface area contributed by atoms with Crippen molar-refractivity contribution < 1.29 is 9.21 Å². The monoisotopic (exact) mass is 470 g/mol. The summed E-state index contributed by atoms with van der Waals surface area (Å²) in [6.07, 6.45) is 2.51. The van der Waals surface area contributed by atoms with Crippen LogP contribution in [0.25, 0.3) is 0 Å². The van der Waals surface area contributed by atoms with Crippen LogP contribution in [0.1, 0.15) is 43.3 Å². The van der Waals surface area contributed by atoms with E-state index in [0.717, 1.165) is 24.5 Å². The third-order valence-corrected chi connectivity index (χ3v) is 3.69. The van der Waals surface area contributed by atoms with Gasteiger partial charge in [0.15, 0.2) is 11.7 Å². The summed E-state index contributed by atoms with van der Waals surface area (Å²) in [6, 6.07) is 11.3. The van der Waals surface area contributed by atoms with Crippen molar-refractivity contribution in [3.63, 3.8) is 0 Å². The second-order valence-electron chi connectivity index (χ2n) is 5.78. The topological polar surface area (TPSA) is 78.7 Å². The van der Waals surface area contributed by atoms with Crippen LogP contribution in [0.3, 0.4) is 0 Å². The van der Waals surface area contributed by atoms with Crippen molar-refractivity contribution in [2.24, 2.45) is 4.99 Å². The second-order valence-corrected chi connectivity index (χ2v) is 5.78. The Hall–Kier alpha value is -2.03. The third-order valence-electron chi connectivity index (χ3n) is 3.69. The average molecular weight is 470 g/mol. The lowest BCUT2D eigenvalue weighted by molar-refractivity contribution is 0.0996. The van der Waals surface area contributed by atoms with Crippen molar-refractivity contribution in [1.82, 2.24) is 10.6 Å². The van der Waals surface area contributed by atoms with Crippen LogP contribution in [0.2, 0.25) is 0 Å². The van der Waals surface area contributed by atoms with Gasteiger partial charge in [0.1, 0.15) is 0 Å². The molecule has 142 valence electrons. The standard InChI is InChI=1S/C19H26N4O2.HI/c1-4-14(3)22-19(20-5-2)21-13-15-8-6-9-16(12-15)23-18(24)17-10-7-11-25-17;/h6-12,14H,4-5,13H2,1-3H3,(H,23,24)(H2,20,21,22);1H. The highest BCUT2D eigenvalue weighted by atomic mass is 127. The lowest BCUT2D eigenvalue weighted by Crippen LogP contribution is -2.41. The molecule has 1 unspecified atom stereocenters. The van der Waals surface area contributed by atoms with Crippen molar-refractivity contribution in [2.75, 3.05) is 11.9 Å². The molecule has 1 aromatic heterocycles. The van der Waals surface area contributed by atoms with Gasteiger partial charge in [-0.15, -0.1) is 24.0 Å². The van der Waals surface area contributed by atoms with E-state index in [1.54, 1.807) is 12.1 Å². The summed E-state index contributed by atoms with van der Waals surface area (Å²) in [5, 5.41) is 9.43. The van der Waals surface area contributed by atoms with Gasteiger partial charge in [0.25, 0.3) is 5.91 Å². The van der Waals surface area contributed by atoms with Crippen LogP contribution in [0.15, 0.2) is 52.1 Å². The van der Waals surface area contributed by atoms with Crippen molar-refractivity contribution in [1.29, 1.82) is 0 Å². The molecule has 1 heterocycles. The van der Waals surface area contributed by atoms with E-state index in [9.17, 15) is 4.79 Å². The van der Waals surface area contributed by atoms with E-state index in [4.69, 9.17) is 4.42 Å². The average Bonchev–Trinajstić information content (AvgIpc) is 3.15. The van der Waals surface area contributed by atoms with Gasteiger partial charge in [-0.3, -0.25) is 4.79 Å². The summed E-state index contributed by atoms with van der Waals surface area (Å²) in [7, 11) is 0. The minimum Gasteiger partial charge on any atom is -0.459 e. The molecule has 0 saturated heterocycles. The number of carbonyl (C=O) groups excluding carboxylic acids is 1. The number of hydrogen-bond acceptors (Lipinski definition) is 3. The summed E-state index contributed by atoms with van der Waals surface area (Å²) in [6.45, 7) is 7.63.